The SMILES string of the molecule is C#CC(C)(C)NC(=O)c1ncn2c(C)cc(-c3cccc(F)c3)nc12. The van der Waals surface area contributed by atoms with E-state index >= 15 is 0 Å². The van der Waals surface area contributed by atoms with Crippen LogP contribution in [0.5, 0.6) is 0 Å². The molecule has 1 amide bonds. The zero-order valence-corrected chi connectivity index (χ0v) is 14.2. The molecule has 0 aliphatic heterocycles. The van der Waals surface area contributed by atoms with Gasteiger partial charge in [-0.2, -0.15) is 0 Å². The number of aromatic nitrogens is 3. The van der Waals surface area contributed by atoms with Gasteiger partial charge in [-0.05, 0) is 39.0 Å². The Balaban J connectivity index is 2.11. The summed E-state index contributed by atoms with van der Waals surface area (Å²) in [4.78, 5) is 21.2. The number of halogens is 1. The number of carbonyl (C=O) groups is 1. The van der Waals surface area contributed by atoms with Crippen molar-refractivity contribution in [2.45, 2.75) is 26.3 Å². The van der Waals surface area contributed by atoms with E-state index in [1.165, 1.54) is 18.5 Å². The summed E-state index contributed by atoms with van der Waals surface area (Å²) in [7, 11) is 0. The Bertz CT molecular complexity index is 1010. The van der Waals surface area contributed by atoms with Gasteiger partial charge in [0.05, 0.1) is 11.2 Å². The van der Waals surface area contributed by atoms with Crippen molar-refractivity contribution in [3.05, 3.63) is 53.9 Å². The van der Waals surface area contributed by atoms with E-state index in [1.807, 2.05) is 13.0 Å². The number of benzene rings is 1. The molecule has 1 aromatic carbocycles. The minimum atomic E-state index is -0.803. The van der Waals surface area contributed by atoms with Gasteiger partial charge in [0.1, 0.15) is 12.1 Å². The molecule has 0 aliphatic carbocycles. The van der Waals surface area contributed by atoms with E-state index in [9.17, 15) is 9.18 Å². The zero-order chi connectivity index (χ0) is 18.2. The van der Waals surface area contributed by atoms with Crippen LogP contribution in [-0.2, 0) is 0 Å². The molecule has 1 N–H and O–H groups in total. The van der Waals surface area contributed by atoms with Crippen LogP contribution in [-0.4, -0.2) is 25.8 Å². The fourth-order valence-corrected chi connectivity index (χ4v) is 2.46. The molecular weight excluding hydrogens is 319 g/mol. The minimum absolute atomic E-state index is 0.171. The summed E-state index contributed by atoms with van der Waals surface area (Å²) in [6.45, 7) is 5.31. The van der Waals surface area contributed by atoms with Crippen LogP contribution in [0.15, 0.2) is 36.7 Å². The van der Waals surface area contributed by atoms with Gasteiger partial charge in [-0.1, -0.05) is 18.1 Å². The summed E-state index contributed by atoms with van der Waals surface area (Å²) in [6, 6.07) is 7.96. The number of nitrogens with zero attached hydrogens (tertiary/aromatic N) is 3. The molecule has 126 valence electrons. The van der Waals surface area contributed by atoms with Crippen LogP contribution in [0.25, 0.3) is 16.9 Å². The fraction of sp³-hybridized carbons (Fsp3) is 0.211. The van der Waals surface area contributed by atoms with Crippen LogP contribution in [0.2, 0.25) is 0 Å². The molecule has 0 radical (unpaired) electrons. The molecule has 0 fully saturated rings. The summed E-state index contributed by atoms with van der Waals surface area (Å²) >= 11 is 0. The first kappa shape index (κ1) is 16.7. The highest BCUT2D eigenvalue weighted by Gasteiger charge is 2.23. The Morgan fingerprint density at radius 2 is 2.12 bits per heavy atom. The van der Waals surface area contributed by atoms with Gasteiger partial charge in [0.15, 0.2) is 11.3 Å². The van der Waals surface area contributed by atoms with E-state index in [4.69, 9.17) is 6.42 Å². The molecule has 3 aromatic rings. The minimum Gasteiger partial charge on any atom is -0.335 e. The number of fused-ring (bicyclic) bond motifs is 1. The second-order valence-corrected chi connectivity index (χ2v) is 6.30. The molecule has 5 nitrogen and oxygen atoms in total. The number of terminal acetylenes is 1. The molecule has 0 spiro atoms. The standard InChI is InChI=1S/C19H17FN4O/c1-5-19(3,4)23-18(25)16-17-22-15(9-12(2)24(17)11-21-16)13-7-6-8-14(20)10-13/h1,6-11H,2-4H3,(H,23,25). The average Bonchev–Trinajstić information content (AvgIpc) is 2.99. The molecular formula is C19H17FN4O. The van der Waals surface area contributed by atoms with Crippen molar-refractivity contribution in [2.24, 2.45) is 0 Å². The lowest BCUT2D eigenvalue weighted by Gasteiger charge is -2.18. The summed E-state index contributed by atoms with van der Waals surface area (Å²) in [5.74, 6) is 1.75. The Kier molecular flexibility index (Phi) is 4.01. The Hall–Kier alpha value is -3.20. The molecule has 0 aliphatic rings. The van der Waals surface area contributed by atoms with Crippen molar-refractivity contribution in [1.29, 1.82) is 0 Å². The Morgan fingerprint density at radius 1 is 1.36 bits per heavy atom. The molecule has 6 heteroatoms. The van der Waals surface area contributed by atoms with Crippen molar-refractivity contribution in [1.82, 2.24) is 19.7 Å². The van der Waals surface area contributed by atoms with Crippen molar-refractivity contribution in [3.63, 3.8) is 0 Å². The molecule has 0 saturated heterocycles. The number of hydrogen-bond donors (Lipinski definition) is 1. The van der Waals surface area contributed by atoms with Crippen molar-refractivity contribution < 1.29 is 9.18 Å². The van der Waals surface area contributed by atoms with E-state index in [0.717, 1.165) is 5.69 Å². The average molecular weight is 336 g/mol. The second-order valence-electron chi connectivity index (χ2n) is 6.30. The second kappa shape index (κ2) is 6.02. The number of amides is 1. The topological polar surface area (TPSA) is 59.3 Å². The summed E-state index contributed by atoms with van der Waals surface area (Å²) in [5.41, 5.74) is 1.78. The van der Waals surface area contributed by atoms with Crippen molar-refractivity contribution in [3.8, 4) is 23.6 Å². The number of rotatable bonds is 3. The van der Waals surface area contributed by atoms with Gasteiger partial charge in [0.2, 0.25) is 0 Å². The van der Waals surface area contributed by atoms with Crippen LogP contribution in [0, 0.1) is 25.1 Å². The lowest BCUT2D eigenvalue weighted by Crippen LogP contribution is -2.42. The molecule has 0 unspecified atom stereocenters. The van der Waals surface area contributed by atoms with E-state index in [2.05, 4.69) is 21.2 Å². The zero-order valence-electron chi connectivity index (χ0n) is 14.2. The maximum Gasteiger partial charge on any atom is 0.274 e. The molecule has 0 saturated carbocycles. The van der Waals surface area contributed by atoms with Gasteiger partial charge in [-0.3, -0.25) is 9.20 Å². The predicted molar refractivity (Wildman–Crippen MR) is 93.5 cm³/mol. The fourth-order valence-electron chi connectivity index (χ4n) is 2.46. The van der Waals surface area contributed by atoms with Crippen molar-refractivity contribution in [2.75, 3.05) is 0 Å². The first-order chi connectivity index (χ1) is 11.8. The van der Waals surface area contributed by atoms with Gasteiger partial charge >= 0.3 is 0 Å². The smallest absolute Gasteiger partial charge is 0.274 e. The highest BCUT2D eigenvalue weighted by molar-refractivity contribution is 5.98. The molecule has 2 heterocycles. The number of nitrogens with one attached hydrogen (secondary N) is 1. The third-order valence-electron chi connectivity index (χ3n) is 3.82. The molecule has 0 atom stereocenters. The van der Waals surface area contributed by atoms with E-state index in [-0.39, 0.29) is 11.5 Å². The number of imidazole rings is 1. The molecule has 3 rings (SSSR count). The molecule has 0 bridgehead atoms. The lowest BCUT2D eigenvalue weighted by atomic mass is 10.1. The van der Waals surface area contributed by atoms with Gasteiger partial charge in [0.25, 0.3) is 5.91 Å². The normalized spacial score (nSPS) is 11.3. The van der Waals surface area contributed by atoms with Gasteiger partial charge in [-0.25, -0.2) is 14.4 Å². The van der Waals surface area contributed by atoms with Crippen molar-refractivity contribution >= 4 is 11.6 Å². The van der Waals surface area contributed by atoms with Crippen LogP contribution in [0.4, 0.5) is 4.39 Å². The predicted octanol–water partition coefficient (Wildman–Crippen LogP) is 2.99. The van der Waals surface area contributed by atoms with Gasteiger partial charge in [-0.15, -0.1) is 6.42 Å². The quantitative estimate of drug-likeness (QED) is 0.748. The summed E-state index contributed by atoms with van der Waals surface area (Å²) in [5, 5.41) is 2.74. The highest BCUT2D eigenvalue weighted by atomic mass is 19.1. The van der Waals surface area contributed by atoms with E-state index in [0.29, 0.717) is 16.9 Å². The van der Waals surface area contributed by atoms with Crippen LogP contribution in [0.3, 0.4) is 0 Å². The molecule has 25 heavy (non-hydrogen) atoms. The van der Waals surface area contributed by atoms with E-state index < -0.39 is 11.4 Å². The largest absolute Gasteiger partial charge is 0.335 e. The third kappa shape index (κ3) is 3.22. The number of hydrogen-bond acceptors (Lipinski definition) is 3. The lowest BCUT2D eigenvalue weighted by molar-refractivity contribution is 0.0927. The summed E-state index contributed by atoms with van der Waals surface area (Å²) < 4.78 is 15.2. The maximum absolute atomic E-state index is 13.5. The Labute approximate surface area is 144 Å². The van der Waals surface area contributed by atoms with Gasteiger partial charge < -0.3 is 5.32 Å². The number of aryl methyl sites for hydroxylation is 1. The van der Waals surface area contributed by atoms with Crippen LogP contribution >= 0.6 is 0 Å². The third-order valence-corrected chi connectivity index (χ3v) is 3.82. The highest BCUT2D eigenvalue weighted by Crippen LogP contribution is 2.22. The number of carbonyl (C=O) groups excluding carboxylic acids is 1. The summed E-state index contributed by atoms with van der Waals surface area (Å²) in [6.07, 6.45) is 6.95. The maximum atomic E-state index is 13.5. The van der Waals surface area contributed by atoms with Gasteiger partial charge in [0, 0.05) is 11.3 Å². The van der Waals surface area contributed by atoms with E-state index in [1.54, 1.807) is 30.4 Å². The Morgan fingerprint density at radius 3 is 2.80 bits per heavy atom. The van der Waals surface area contributed by atoms with Crippen LogP contribution < -0.4 is 5.32 Å². The first-order valence-corrected chi connectivity index (χ1v) is 7.71. The first-order valence-electron chi connectivity index (χ1n) is 7.71. The molecule has 2 aromatic heterocycles. The monoisotopic (exact) mass is 336 g/mol. The van der Waals surface area contributed by atoms with Crippen LogP contribution in [0.1, 0.15) is 30.0 Å².